The summed E-state index contributed by atoms with van der Waals surface area (Å²) in [6.07, 6.45) is -0.178. The van der Waals surface area contributed by atoms with Crippen LogP contribution >= 0.6 is 15.9 Å². The fourth-order valence-corrected chi connectivity index (χ4v) is 3.90. The fourth-order valence-electron chi connectivity index (χ4n) is 3.64. The highest BCUT2D eigenvalue weighted by molar-refractivity contribution is 9.10. The van der Waals surface area contributed by atoms with Gasteiger partial charge in [-0.25, -0.2) is 5.01 Å². The van der Waals surface area contributed by atoms with E-state index in [4.69, 9.17) is 5.10 Å². The SMILES string of the molecule is Brc1ccc(C2NN(c3ccccc3)C(c3ccccc3)=NN2c2ccccc2)cc1. The van der Waals surface area contributed by atoms with Crippen LogP contribution in [0.4, 0.5) is 11.4 Å². The Labute approximate surface area is 190 Å². The molecule has 0 aromatic heterocycles. The average Bonchev–Trinajstić information content (AvgIpc) is 2.85. The smallest absolute Gasteiger partial charge is 0.175 e. The highest BCUT2D eigenvalue weighted by Crippen LogP contribution is 2.32. The standard InChI is InChI=1S/C26H21BrN4/c27-22-18-16-21(17-19-22)26-29-30(23-12-6-2-7-13-23)25(20-10-4-1-5-11-20)28-31(26)24-14-8-3-9-15-24/h1-19,26,29H. The number of hydrogen-bond donors (Lipinski definition) is 1. The molecule has 1 unspecified atom stereocenters. The zero-order valence-electron chi connectivity index (χ0n) is 16.8. The van der Waals surface area contributed by atoms with Gasteiger partial charge >= 0.3 is 0 Å². The second-order valence-corrected chi connectivity index (χ2v) is 8.14. The Kier molecular flexibility index (Phi) is 5.52. The van der Waals surface area contributed by atoms with Gasteiger partial charge < -0.3 is 0 Å². The summed E-state index contributed by atoms with van der Waals surface area (Å²) < 4.78 is 1.05. The Balaban J connectivity index is 1.68. The summed E-state index contributed by atoms with van der Waals surface area (Å²) in [5, 5.41) is 9.28. The second-order valence-electron chi connectivity index (χ2n) is 7.22. The van der Waals surface area contributed by atoms with E-state index in [9.17, 15) is 0 Å². The van der Waals surface area contributed by atoms with Crippen molar-refractivity contribution in [2.24, 2.45) is 5.10 Å². The number of para-hydroxylation sites is 2. The molecule has 4 aromatic carbocycles. The van der Waals surface area contributed by atoms with Crippen molar-refractivity contribution in [3.05, 3.63) is 131 Å². The van der Waals surface area contributed by atoms with Gasteiger partial charge in [-0.2, -0.15) is 10.5 Å². The first-order valence-electron chi connectivity index (χ1n) is 10.1. The number of amidine groups is 1. The van der Waals surface area contributed by atoms with E-state index in [1.54, 1.807) is 0 Å². The summed E-state index contributed by atoms with van der Waals surface area (Å²) in [5.41, 5.74) is 7.91. The van der Waals surface area contributed by atoms with E-state index >= 15 is 0 Å². The van der Waals surface area contributed by atoms with Crippen LogP contribution in [-0.4, -0.2) is 5.84 Å². The van der Waals surface area contributed by atoms with Crippen molar-refractivity contribution in [2.45, 2.75) is 6.17 Å². The summed E-state index contributed by atoms with van der Waals surface area (Å²) in [6, 6.07) is 39.1. The molecule has 0 bridgehead atoms. The average molecular weight is 469 g/mol. The minimum absolute atomic E-state index is 0.178. The molecule has 0 radical (unpaired) electrons. The molecule has 5 rings (SSSR count). The van der Waals surface area contributed by atoms with Gasteiger partial charge in [0.05, 0.1) is 11.4 Å². The van der Waals surface area contributed by atoms with Crippen molar-refractivity contribution in [3.63, 3.8) is 0 Å². The number of hydrazine groups is 1. The van der Waals surface area contributed by atoms with E-state index in [-0.39, 0.29) is 6.17 Å². The van der Waals surface area contributed by atoms with Gasteiger partial charge in [-0.3, -0.25) is 5.01 Å². The highest BCUT2D eigenvalue weighted by Gasteiger charge is 2.31. The third-order valence-electron chi connectivity index (χ3n) is 5.16. The first kappa shape index (κ1) is 19.5. The van der Waals surface area contributed by atoms with E-state index in [2.05, 4.69) is 87.0 Å². The maximum Gasteiger partial charge on any atom is 0.175 e. The van der Waals surface area contributed by atoms with Crippen LogP contribution in [0.1, 0.15) is 17.3 Å². The molecule has 1 aliphatic heterocycles. The monoisotopic (exact) mass is 468 g/mol. The quantitative estimate of drug-likeness (QED) is 0.378. The molecular formula is C26H21BrN4. The molecule has 0 saturated carbocycles. The van der Waals surface area contributed by atoms with Crippen LogP contribution in [0.5, 0.6) is 0 Å². The third-order valence-corrected chi connectivity index (χ3v) is 5.69. The first-order chi connectivity index (χ1) is 15.3. The predicted molar refractivity (Wildman–Crippen MR) is 131 cm³/mol. The van der Waals surface area contributed by atoms with Gasteiger partial charge in [0.15, 0.2) is 5.84 Å². The summed E-state index contributed by atoms with van der Waals surface area (Å²) in [7, 11) is 0. The number of benzene rings is 4. The van der Waals surface area contributed by atoms with Crippen LogP contribution in [0.3, 0.4) is 0 Å². The normalized spacial score (nSPS) is 16.2. The van der Waals surface area contributed by atoms with Gasteiger partial charge in [0.2, 0.25) is 0 Å². The van der Waals surface area contributed by atoms with Crippen molar-refractivity contribution in [1.29, 1.82) is 0 Å². The lowest BCUT2D eigenvalue weighted by atomic mass is 10.1. The van der Waals surface area contributed by atoms with Gasteiger partial charge in [-0.15, -0.1) is 0 Å². The maximum atomic E-state index is 5.16. The molecule has 31 heavy (non-hydrogen) atoms. The Morgan fingerprint density at radius 3 is 1.81 bits per heavy atom. The van der Waals surface area contributed by atoms with Gasteiger partial charge in [-0.1, -0.05) is 94.8 Å². The van der Waals surface area contributed by atoms with E-state index in [1.807, 2.05) is 59.6 Å². The molecule has 0 aliphatic carbocycles. The molecule has 0 amide bonds. The fraction of sp³-hybridized carbons (Fsp3) is 0.0385. The topological polar surface area (TPSA) is 30.9 Å². The van der Waals surface area contributed by atoms with E-state index < -0.39 is 0 Å². The molecule has 1 aliphatic rings. The molecule has 4 nitrogen and oxygen atoms in total. The summed E-state index contributed by atoms with van der Waals surface area (Å²) >= 11 is 3.55. The predicted octanol–water partition coefficient (Wildman–Crippen LogP) is 6.34. The molecule has 1 N–H and O–H groups in total. The number of hydrogen-bond acceptors (Lipinski definition) is 4. The number of nitrogens with zero attached hydrogens (tertiary/aromatic N) is 3. The zero-order valence-corrected chi connectivity index (χ0v) is 18.4. The lowest BCUT2D eigenvalue weighted by Gasteiger charge is -2.41. The van der Waals surface area contributed by atoms with Crippen molar-refractivity contribution in [1.82, 2.24) is 5.43 Å². The summed E-state index contributed by atoms with van der Waals surface area (Å²) in [5.74, 6) is 0.837. The molecule has 1 heterocycles. The van der Waals surface area contributed by atoms with Gasteiger partial charge in [0.1, 0.15) is 6.17 Å². The molecule has 0 saturated heterocycles. The maximum absolute atomic E-state index is 5.16. The van der Waals surface area contributed by atoms with Gasteiger partial charge in [0.25, 0.3) is 0 Å². The Morgan fingerprint density at radius 1 is 0.645 bits per heavy atom. The zero-order chi connectivity index (χ0) is 21.0. The first-order valence-corrected chi connectivity index (χ1v) is 10.9. The Morgan fingerprint density at radius 2 is 1.19 bits per heavy atom. The van der Waals surface area contributed by atoms with E-state index in [0.717, 1.165) is 32.8 Å². The number of halogens is 1. The molecule has 0 fully saturated rings. The summed E-state index contributed by atoms with van der Waals surface area (Å²) in [6.45, 7) is 0. The van der Waals surface area contributed by atoms with Crippen LogP contribution in [0.15, 0.2) is 125 Å². The van der Waals surface area contributed by atoms with Crippen LogP contribution in [0.2, 0.25) is 0 Å². The number of anilines is 2. The van der Waals surface area contributed by atoms with Crippen molar-refractivity contribution >= 4 is 33.1 Å². The lowest BCUT2D eigenvalue weighted by Crippen LogP contribution is -2.55. The molecule has 5 heteroatoms. The number of nitrogens with one attached hydrogen (secondary N) is 1. The van der Waals surface area contributed by atoms with E-state index in [0.29, 0.717) is 0 Å². The van der Waals surface area contributed by atoms with Crippen molar-refractivity contribution in [3.8, 4) is 0 Å². The molecule has 0 spiro atoms. The van der Waals surface area contributed by atoms with Crippen LogP contribution < -0.4 is 15.4 Å². The highest BCUT2D eigenvalue weighted by atomic mass is 79.9. The Bertz CT molecular complexity index is 1160. The van der Waals surface area contributed by atoms with E-state index in [1.165, 1.54) is 0 Å². The number of rotatable bonds is 4. The molecule has 1 atom stereocenters. The third kappa shape index (κ3) is 4.10. The molecule has 4 aromatic rings. The lowest BCUT2D eigenvalue weighted by molar-refractivity contribution is 0.500. The molecular weight excluding hydrogens is 448 g/mol. The number of hydrazone groups is 1. The minimum atomic E-state index is -0.178. The largest absolute Gasteiger partial charge is 0.255 e. The van der Waals surface area contributed by atoms with Gasteiger partial charge in [-0.05, 0) is 42.0 Å². The minimum Gasteiger partial charge on any atom is -0.255 e. The second kappa shape index (κ2) is 8.76. The van der Waals surface area contributed by atoms with Crippen LogP contribution in [0, 0.1) is 0 Å². The molecule has 152 valence electrons. The van der Waals surface area contributed by atoms with Gasteiger partial charge in [0, 0.05) is 10.0 Å². The van der Waals surface area contributed by atoms with Crippen LogP contribution in [0.25, 0.3) is 0 Å². The van der Waals surface area contributed by atoms with Crippen molar-refractivity contribution < 1.29 is 0 Å². The van der Waals surface area contributed by atoms with Crippen LogP contribution in [-0.2, 0) is 0 Å². The Hall–Kier alpha value is -3.41. The summed E-state index contributed by atoms with van der Waals surface area (Å²) in [4.78, 5) is 0. The van der Waals surface area contributed by atoms with Crippen molar-refractivity contribution in [2.75, 3.05) is 10.0 Å².